The highest BCUT2D eigenvalue weighted by atomic mass is 16.2. The van der Waals surface area contributed by atoms with E-state index in [1.807, 2.05) is 6.07 Å². The van der Waals surface area contributed by atoms with Crippen LogP contribution in [0.25, 0.3) is 0 Å². The summed E-state index contributed by atoms with van der Waals surface area (Å²) in [6.45, 7) is 3.88. The number of carbonyl (C=O) groups is 2. The SMILES string of the molecule is CCNC(=O)CNC(=O)c1ccc(C#N)c(C)n1. The second kappa shape index (κ2) is 6.35. The number of aryl methyl sites for hydroxylation is 1. The number of rotatable bonds is 4. The van der Waals surface area contributed by atoms with Crippen molar-refractivity contribution < 1.29 is 9.59 Å². The smallest absolute Gasteiger partial charge is 0.270 e. The lowest BCUT2D eigenvalue weighted by atomic mass is 10.2. The number of hydrogen-bond acceptors (Lipinski definition) is 4. The summed E-state index contributed by atoms with van der Waals surface area (Å²) in [5.41, 5.74) is 1.11. The third-order valence-corrected chi connectivity index (χ3v) is 2.22. The summed E-state index contributed by atoms with van der Waals surface area (Å²) in [6.07, 6.45) is 0. The maximum atomic E-state index is 11.7. The van der Waals surface area contributed by atoms with Crippen LogP contribution in [0.2, 0.25) is 0 Å². The first kappa shape index (κ1) is 13.6. The highest BCUT2D eigenvalue weighted by Crippen LogP contribution is 2.05. The number of nitriles is 1. The van der Waals surface area contributed by atoms with Gasteiger partial charge in [0.05, 0.1) is 17.8 Å². The molecule has 2 N–H and O–H groups in total. The van der Waals surface area contributed by atoms with Crippen LogP contribution in [-0.4, -0.2) is 29.9 Å². The van der Waals surface area contributed by atoms with Gasteiger partial charge in [0, 0.05) is 6.54 Å². The molecule has 0 atom stereocenters. The van der Waals surface area contributed by atoms with Crippen molar-refractivity contribution >= 4 is 11.8 Å². The van der Waals surface area contributed by atoms with E-state index in [-0.39, 0.29) is 18.1 Å². The van der Waals surface area contributed by atoms with E-state index in [1.54, 1.807) is 13.8 Å². The molecule has 1 rings (SSSR count). The Balaban J connectivity index is 2.65. The number of amides is 2. The van der Waals surface area contributed by atoms with Gasteiger partial charge in [-0.1, -0.05) is 0 Å². The summed E-state index contributed by atoms with van der Waals surface area (Å²) < 4.78 is 0. The Kier molecular flexibility index (Phi) is 4.81. The van der Waals surface area contributed by atoms with E-state index in [0.717, 1.165) is 0 Å². The lowest BCUT2D eigenvalue weighted by Gasteiger charge is -2.05. The van der Waals surface area contributed by atoms with E-state index in [9.17, 15) is 9.59 Å². The number of nitrogens with one attached hydrogen (secondary N) is 2. The van der Waals surface area contributed by atoms with Crippen molar-refractivity contribution in [3.05, 3.63) is 29.1 Å². The van der Waals surface area contributed by atoms with Crippen molar-refractivity contribution in [3.8, 4) is 6.07 Å². The van der Waals surface area contributed by atoms with Gasteiger partial charge in [0.15, 0.2) is 0 Å². The average Bonchev–Trinajstić information content (AvgIpc) is 2.36. The van der Waals surface area contributed by atoms with Crippen LogP contribution in [0.3, 0.4) is 0 Å². The van der Waals surface area contributed by atoms with Crippen LogP contribution in [0, 0.1) is 18.3 Å². The molecule has 0 saturated heterocycles. The molecular formula is C12H14N4O2. The van der Waals surface area contributed by atoms with Gasteiger partial charge in [-0.25, -0.2) is 4.98 Å². The molecule has 0 aliphatic heterocycles. The molecule has 1 heterocycles. The predicted molar refractivity (Wildman–Crippen MR) is 64.7 cm³/mol. The third-order valence-electron chi connectivity index (χ3n) is 2.22. The van der Waals surface area contributed by atoms with Crippen molar-refractivity contribution in [2.24, 2.45) is 0 Å². The lowest BCUT2D eigenvalue weighted by molar-refractivity contribution is -0.120. The van der Waals surface area contributed by atoms with Gasteiger partial charge in [-0.3, -0.25) is 9.59 Å². The largest absolute Gasteiger partial charge is 0.355 e. The number of likely N-dealkylation sites (N-methyl/N-ethyl adjacent to an activating group) is 1. The Bertz CT molecular complexity index is 505. The summed E-state index contributed by atoms with van der Waals surface area (Å²) in [7, 11) is 0. The molecule has 0 aliphatic carbocycles. The van der Waals surface area contributed by atoms with E-state index < -0.39 is 5.91 Å². The van der Waals surface area contributed by atoms with E-state index in [4.69, 9.17) is 5.26 Å². The van der Waals surface area contributed by atoms with Crippen LogP contribution >= 0.6 is 0 Å². The van der Waals surface area contributed by atoms with Crippen LogP contribution < -0.4 is 10.6 Å². The van der Waals surface area contributed by atoms with Crippen LogP contribution in [-0.2, 0) is 4.79 Å². The van der Waals surface area contributed by atoms with Crippen molar-refractivity contribution in [1.82, 2.24) is 15.6 Å². The number of pyridine rings is 1. The van der Waals surface area contributed by atoms with Gasteiger partial charge in [0.1, 0.15) is 11.8 Å². The Morgan fingerprint density at radius 3 is 2.67 bits per heavy atom. The predicted octanol–water partition coefficient (Wildman–Crippen LogP) is 0.128. The molecule has 6 nitrogen and oxygen atoms in total. The first-order valence-corrected chi connectivity index (χ1v) is 5.51. The molecule has 0 bridgehead atoms. The van der Waals surface area contributed by atoms with Gasteiger partial charge in [-0.2, -0.15) is 5.26 Å². The fourth-order valence-corrected chi connectivity index (χ4v) is 1.32. The molecule has 18 heavy (non-hydrogen) atoms. The first-order chi connectivity index (χ1) is 8.58. The normalized spacial score (nSPS) is 9.39. The number of hydrogen-bond donors (Lipinski definition) is 2. The molecule has 2 amide bonds. The monoisotopic (exact) mass is 246 g/mol. The van der Waals surface area contributed by atoms with E-state index in [2.05, 4.69) is 15.6 Å². The average molecular weight is 246 g/mol. The van der Waals surface area contributed by atoms with Gasteiger partial charge >= 0.3 is 0 Å². The third kappa shape index (κ3) is 3.56. The summed E-state index contributed by atoms with van der Waals surface area (Å²) in [5, 5.41) is 13.8. The maximum Gasteiger partial charge on any atom is 0.270 e. The van der Waals surface area contributed by atoms with Crippen LogP contribution in [0.5, 0.6) is 0 Å². The minimum atomic E-state index is -0.436. The van der Waals surface area contributed by atoms with Crippen LogP contribution in [0.15, 0.2) is 12.1 Å². The highest BCUT2D eigenvalue weighted by molar-refractivity contribution is 5.94. The Labute approximate surface area is 105 Å². The fourth-order valence-electron chi connectivity index (χ4n) is 1.32. The van der Waals surface area contributed by atoms with Crippen molar-refractivity contribution in [2.75, 3.05) is 13.1 Å². The molecular weight excluding hydrogens is 232 g/mol. The molecule has 0 saturated carbocycles. The van der Waals surface area contributed by atoms with Gasteiger partial charge in [0.2, 0.25) is 5.91 Å². The van der Waals surface area contributed by atoms with E-state index in [1.165, 1.54) is 12.1 Å². The molecule has 1 aromatic heterocycles. The molecule has 6 heteroatoms. The number of nitrogens with zero attached hydrogens (tertiary/aromatic N) is 2. The van der Waals surface area contributed by atoms with Crippen LogP contribution in [0.1, 0.15) is 28.7 Å². The molecule has 0 aromatic carbocycles. The summed E-state index contributed by atoms with van der Waals surface area (Å²) >= 11 is 0. The zero-order chi connectivity index (χ0) is 13.5. The molecule has 0 spiro atoms. The van der Waals surface area contributed by atoms with Gasteiger partial charge in [-0.15, -0.1) is 0 Å². The van der Waals surface area contributed by atoms with Crippen LogP contribution in [0.4, 0.5) is 0 Å². The van der Waals surface area contributed by atoms with E-state index in [0.29, 0.717) is 17.8 Å². The Morgan fingerprint density at radius 1 is 1.39 bits per heavy atom. The summed E-state index contributed by atoms with van der Waals surface area (Å²) in [6, 6.07) is 4.96. The lowest BCUT2D eigenvalue weighted by Crippen LogP contribution is -2.37. The molecule has 1 aromatic rings. The number of aromatic nitrogens is 1. The minimum absolute atomic E-state index is 0.0899. The van der Waals surface area contributed by atoms with Gasteiger partial charge in [-0.05, 0) is 26.0 Å². The van der Waals surface area contributed by atoms with Gasteiger partial charge < -0.3 is 10.6 Å². The number of carbonyl (C=O) groups excluding carboxylic acids is 2. The molecule has 0 unspecified atom stereocenters. The Hall–Kier alpha value is -2.42. The van der Waals surface area contributed by atoms with Gasteiger partial charge in [0.25, 0.3) is 5.91 Å². The molecule has 0 fully saturated rings. The fraction of sp³-hybridized carbons (Fsp3) is 0.333. The highest BCUT2D eigenvalue weighted by Gasteiger charge is 2.10. The second-order valence-electron chi connectivity index (χ2n) is 3.58. The van der Waals surface area contributed by atoms with E-state index >= 15 is 0 Å². The maximum absolute atomic E-state index is 11.7. The van der Waals surface area contributed by atoms with Crippen molar-refractivity contribution in [3.63, 3.8) is 0 Å². The quantitative estimate of drug-likeness (QED) is 0.789. The molecule has 0 aliphatic rings. The minimum Gasteiger partial charge on any atom is -0.355 e. The van der Waals surface area contributed by atoms with Crippen molar-refractivity contribution in [1.29, 1.82) is 5.26 Å². The summed E-state index contributed by atoms with van der Waals surface area (Å²) in [4.78, 5) is 26.8. The standard InChI is InChI=1S/C12H14N4O2/c1-3-14-11(17)7-15-12(18)10-5-4-9(6-13)8(2)16-10/h4-5H,3,7H2,1-2H3,(H,14,17)(H,15,18). The Morgan fingerprint density at radius 2 is 2.11 bits per heavy atom. The zero-order valence-corrected chi connectivity index (χ0v) is 10.3. The summed E-state index contributed by atoms with van der Waals surface area (Å²) in [5.74, 6) is -0.690. The topological polar surface area (TPSA) is 94.9 Å². The molecule has 0 radical (unpaired) electrons. The zero-order valence-electron chi connectivity index (χ0n) is 10.3. The van der Waals surface area contributed by atoms with Crippen molar-refractivity contribution in [2.45, 2.75) is 13.8 Å². The first-order valence-electron chi connectivity index (χ1n) is 5.51. The molecule has 94 valence electrons. The second-order valence-corrected chi connectivity index (χ2v) is 3.58.